The van der Waals surface area contributed by atoms with Crippen molar-refractivity contribution in [3.8, 4) is 0 Å². The minimum atomic E-state index is -3.89. The Balaban J connectivity index is 4.16. The summed E-state index contributed by atoms with van der Waals surface area (Å²) in [5, 5.41) is 0. The molecule has 19 heavy (non-hydrogen) atoms. The molecule has 0 saturated carbocycles. The normalized spacial score (nSPS) is 12.3. The van der Waals surface area contributed by atoms with Crippen molar-refractivity contribution >= 4 is 16.0 Å². The van der Waals surface area contributed by atoms with Crippen LogP contribution in [0.5, 0.6) is 0 Å². The molecule has 0 aliphatic rings. The molecule has 6 nitrogen and oxygen atoms in total. The second-order valence-electron chi connectivity index (χ2n) is 5.53. The predicted octanol–water partition coefficient (Wildman–Crippen LogP) is 0.375. The number of nitrogens with zero attached hydrogens (tertiary/aromatic N) is 2. The molecule has 0 fully saturated rings. The van der Waals surface area contributed by atoms with Crippen LogP contribution in [0.1, 0.15) is 13.3 Å². The van der Waals surface area contributed by atoms with Crippen molar-refractivity contribution in [1.29, 1.82) is 0 Å². The Morgan fingerprint density at radius 1 is 1.32 bits per heavy atom. The highest BCUT2D eigenvalue weighted by Crippen LogP contribution is 2.03. The first-order valence-electron chi connectivity index (χ1n) is 6.13. The van der Waals surface area contributed by atoms with Crippen LogP contribution in [0.4, 0.5) is 0 Å². The summed E-state index contributed by atoms with van der Waals surface area (Å²) < 4.78 is 30.5. The van der Waals surface area contributed by atoms with E-state index < -0.39 is 10.1 Å². The zero-order chi connectivity index (χ0) is 15.3. The van der Waals surface area contributed by atoms with E-state index in [0.717, 1.165) is 0 Å². The van der Waals surface area contributed by atoms with E-state index in [0.29, 0.717) is 36.1 Å². The average Bonchev–Trinajstić information content (AvgIpc) is 2.22. The number of carbonyl (C=O) groups excluding carboxylic acids is 1. The fourth-order valence-electron chi connectivity index (χ4n) is 1.63. The van der Waals surface area contributed by atoms with E-state index in [4.69, 9.17) is 4.55 Å². The largest absolute Gasteiger partial charge is 0.336 e. The zero-order valence-electron chi connectivity index (χ0n) is 12.2. The highest BCUT2D eigenvalue weighted by molar-refractivity contribution is 7.85. The Bertz CT molecular complexity index is 429. The minimum Gasteiger partial charge on any atom is -0.336 e. The van der Waals surface area contributed by atoms with Gasteiger partial charge < -0.3 is 9.38 Å². The van der Waals surface area contributed by atoms with Crippen LogP contribution in [0.15, 0.2) is 12.2 Å². The van der Waals surface area contributed by atoms with Crippen LogP contribution >= 0.6 is 0 Å². The van der Waals surface area contributed by atoms with Crippen LogP contribution < -0.4 is 0 Å². The SMILES string of the molecule is C=C(C)C(=O)N(C)CC[N+](C)(C)CCCS(=O)(=O)O. The summed E-state index contributed by atoms with van der Waals surface area (Å²) in [6.45, 7) is 7.18. The standard InChI is InChI=1S/C12H24N2O4S/c1-11(2)12(15)13(3)7-9-14(4,5)8-6-10-19(16,17)18/h1,6-10H2,2-5H3/p+1. The van der Waals surface area contributed by atoms with E-state index in [2.05, 4.69) is 6.58 Å². The molecule has 1 N–H and O–H groups in total. The molecular weight excluding hydrogens is 268 g/mol. The topological polar surface area (TPSA) is 74.7 Å². The van der Waals surface area contributed by atoms with Gasteiger partial charge in [0, 0.05) is 19.0 Å². The third kappa shape index (κ3) is 8.74. The molecule has 0 radical (unpaired) electrons. The van der Waals surface area contributed by atoms with Crippen LogP contribution in [0.3, 0.4) is 0 Å². The first-order valence-corrected chi connectivity index (χ1v) is 7.74. The van der Waals surface area contributed by atoms with Crippen LogP contribution in [-0.2, 0) is 14.9 Å². The van der Waals surface area contributed by atoms with Gasteiger partial charge in [-0.3, -0.25) is 9.35 Å². The van der Waals surface area contributed by atoms with E-state index in [1.165, 1.54) is 0 Å². The lowest BCUT2D eigenvalue weighted by atomic mass is 10.3. The summed E-state index contributed by atoms with van der Waals surface area (Å²) in [6.07, 6.45) is 0.393. The number of rotatable bonds is 8. The molecule has 0 unspecified atom stereocenters. The van der Waals surface area contributed by atoms with Crippen LogP contribution in [0.2, 0.25) is 0 Å². The number of quaternary nitrogens is 1. The third-order valence-corrected chi connectivity index (χ3v) is 3.72. The lowest BCUT2D eigenvalue weighted by Crippen LogP contribution is -2.46. The van der Waals surface area contributed by atoms with Gasteiger partial charge in [-0.15, -0.1) is 0 Å². The molecule has 0 aliphatic carbocycles. The molecule has 0 aromatic carbocycles. The first kappa shape index (κ1) is 18.1. The average molecular weight is 293 g/mol. The summed E-state index contributed by atoms with van der Waals surface area (Å²) >= 11 is 0. The molecule has 0 rings (SSSR count). The predicted molar refractivity (Wildman–Crippen MR) is 75.3 cm³/mol. The lowest BCUT2D eigenvalue weighted by Gasteiger charge is -2.31. The summed E-state index contributed by atoms with van der Waals surface area (Å²) in [5.41, 5.74) is 0.499. The van der Waals surface area contributed by atoms with Crippen molar-refractivity contribution in [2.75, 3.05) is 46.5 Å². The van der Waals surface area contributed by atoms with Gasteiger partial charge in [0.15, 0.2) is 0 Å². The lowest BCUT2D eigenvalue weighted by molar-refractivity contribution is -0.889. The van der Waals surface area contributed by atoms with E-state index in [9.17, 15) is 13.2 Å². The Hall–Kier alpha value is -0.920. The second kappa shape index (κ2) is 7.02. The molecule has 112 valence electrons. The number of likely N-dealkylation sites (N-methyl/N-ethyl adjacent to an activating group) is 2. The van der Waals surface area contributed by atoms with Gasteiger partial charge in [0.05, 0.1) is 39.5 Å². The van der Waals surface area contributed by atoms with Crippen LogP contribution in [-0.4, -0.2) is 74.8 Å². The monoisotopic (exact) mass is 293 g/mol. The highest BCUT2D eigenvalue weighted by atomic mass is 32.2. The Morgan fingerprint density at radius 2 is 1.84 bits per heavy atom. The molecule has 0 heterocycles. The summed E-state index contributed by atoms with van der Waals surface area (Å²) in [7, 11) is 1.75. The van der Waals surface area contributed by atoms with Gasteiger partial charge >= 0.3 is 0 Å². The third-order valence-electron chi connectivity index (χ3n) is 2.92. The number of hydrogen-bond donors (Lipinski definition) is 1. The van der Waals surface area contributed by atoms with Crippen molar-refractivity contribution in [3.05, 3.63) is 12.2 Å². The molecule has 0 aliphatic heterocycles. The van der Waals surface area contributed by atoms with Crippen molar-refractivity contribution in [1.82, 2.24) is 4.90 Å². The Labute approximate surface area is 116 Å². The maximum absolute atomic E-state index is 11.6. The fraction of sp³-hybridized carbons (Fsp3) is 0.750. The van der Waals surface area contributed by atoms with E-state index in [1.807, 2.05) is 14.1 Å². The van der Waals surface area contributed by atoms with Crippen molar-refractivity contribution < 1.29 is 22.2 Å². The highest BCUT2D eigenvalue weighted by Gasteiger charge is 2.19. The molecule has 1 amide bonds. The Morgan fingerprint density at radius 3 is 2.26 bits per heavy atom. The quantitative estimate of drug-likeness (QED) is 0.399. The molecule has 0 saturated heterocycles. The zero-order valence-corrected chi connectivity index (χ0v) is 13.0. The fourth-order valence-corrected chi connectivity index (χ4v) is 2.13. The second-order valence-corrected chi connectivity index (χ2v) is 7.10. The molecule has 0 bridgehead atoms. The molecule has 0 aromatic heterocycles. The maximum atomic E-state index is 11.6. The van der Waals surface area contributed by atoms with Gasteiger partial charge in [-0.1, -0.05) is 6.58 Å². The number of hydrogen-bond acceptors (Lipinski definition) is 3. The summed E-state index contributed by atoms with van der Waals surface area (Å²) in [4.78, 5) is 13.2. The van der Waals surface area contributed by atoms with Gasteiger partial charge in [-0.2, -0.15) is 8.42 Å². The summed E-state index contributed by atoms with van der Waals surface area (Å²) in [5.74, 6) is -0.312. The van der Waals surface area contributed by atoms with Gasteiger partial charge in [-0.05, 0) is 6.92 Å². The number of carbonyl (C=O) groups is 1. The summed E-state index contributed by atoms with van der Waals surface area (Å²) in [6, 6.07) is 0. The van der Waals surface area contributed by atoms with E-state index >= 15 is 0 Å². The van der Waals surface area contributed by atoms with Gasteiger partial charge in [0.1, 0.15) is 0 Å². The van der Waals surface area contributed by atoms with Crippen molar-refractivity contribution in [2.45, 2.75) is 13.3 Å². The van der Waals surface area contributed by atoms with Crippen LogP contribution in [0, 0.1) is 0 Å². The molecule has 0 aromatic rings. The van der Waals surface area contributed by atoms with E-state index in [1.54, 1.807) is 18.9 Å². The smallest absolute Gasteiger partial charge is 0.265 e. The molecule has 7 heteroatoms. The van der Waals surface area contributed by atoms with Crippen molar-refractivity contribution in [2.24, 2.45) is 0 Å². The molecule has 0 spiro atoms. The number of amides is 1. The minimum absolute atomic E-state index is 0.0852. The van der Waals surface area contributed by atoms with Gasteiger partial charge in [0.25, 0.3) is 10.1 Å². The van der Waals surface area contributed by atoms with E-state index in [-0.39, 0.29) is 11.7 Å². The van der Waals surface area contributed by atoms with Crippen LogP contribution in [0.25, 0.3) is 0 Å². The van der Waals surface area contributed by atoms with Crippen molar-refractivity contribution in [3.63, 3.8) is 0 Å². The first-order chi connectivity index (χ1) is 8.44. The maximum Gasteiger partial charge on any atom is 0.265 e. The van der Waals surface area contributed by atoms with Gasteiger partial charge in [-0.25, -0.2) is 0 Å². The van der Waals surface area contributed by atoms with Gasteiger partial charge in [0.2, 0.25) is 5.91 Å². The molecular formula is C12H25N2O4S+. The molecule has 0 atom stereocenters. The Kier molecular flexibility index (Phi) is 6.68.